The lowest BCUT2D eigenvalue weighted by atomic mass is 10.0. The summed E-state index contributed by atoms with van der Waals surface area (Å²) >= 11 is 0. The average molecular weight is 309 g/mol. The number of carboxylic acid groups (broad SMARTS) is 1. The minimum absolute atomic E-state index is 0.0125. The first-order valence-electron chi connectivity index (χ1n) is 7.74. The molecule has 4 nitrogen and oxygen atoms in total. The summed E-state index contributed by atoms with van der Waals surface area (Å²) in [5.74, 6) is -0.970. The molecule has 1 saturated carbocycles. The third-order valence-corrected chi connectivity index (χ3v) is 4.21. The van der Waals surface area contributed by atoms with Crippen molar-refractivity contribution in [3.63, 3.8) is 0 Å². The molecule has 118 valence electrons. The fourth-order valence-corrected chi connectivity index (χ4v) is 2.77. The summed E-state index contributed by atoms with van der Waals surface area (Å²) in [4.78, 5) is 23.1. The number of nitrogens with one attached hydrogen (secondary N) is 1. The van der Waals surface area contributed by atoms with Crippen LogP contribution in [0.15, 0.2) is 54.6 Å². The van der Waals surface area contributed by atoms with Gasteiger partial charge in [-0.1, -0.05) is 42.5 Å². The van der Waals surface area contributed by atoms with Crippen LogP contribution in [0.25, 0.3) is 0 Å². The van der Waals surface area contributed by atoms with Crippen molar-refractivity contribution in [2.24, 2.45) is 0 Å². The SMILES string of the molecule is O=C(Cc1ccc(C(=O)O)cc1)NC1(Cc2ccccc2)CC1. The van der Waals surface area contributed by atoms with Crippen molar-refractivity contribution in [2.45, 2.75) is 31.2 Å². The molecule has 2 aromatic carbocycles. The van der Waals surface area contributed by atoms with Gasteiger partial charge in [-0.05, 0) is 42.5 Å². The first-order chi connectivity index (χ1) is 11.1. The van der Waals surface area contributed by atoms with Gasteiger partial charge in [0.2, 0.25) is 5.91 Å². The molecule has 1 aliphatic carbocycles. The summed E-state index contributed by atoms with van der Waals surface area (Å²) in [5.41, 5.74) is 2.19. The Morgan fingerprint density at radius 1 is 0.957 bits per heavy atom. The van der Waals surface area contributed by atoms with E-state index in [0.29, 0.717) is 0 Å². The Labute approximate surface area is 135 Å². The molecule has 2 aromatic rings. The molecule has 2 N–H and O–H groups in total. The van der Waals surface area contributed by atoms with Crippen LogP contribution in [0.1, 0.15) is 34.3 Å². The van der Waals surface area contributed by atoms with Crippen molar-refractivity contribution in [3.05, 3.63) is 71.3 Å². The Morgan fingerprint density at radius 3 is 2.17 bits per heavy atom. The van der Waals surface area contributed by atoms with Crippen LogP contribution in [0.3, 0.4) is 0 Å². The summed E-state index contributed by atoms with van der Waals surface area (Å²) in [6, 6.07) is 16.6. The zero-order valence-corrected chi connectivity index (χ0v) is 12.8. The molecule has 0 heterocycles. The van der Waals surface area contributed by atoms with Crippen molar-refractivity contribution in [1.29, 1.82) is 0 Å². The fourth-order valence-electron chi connectivity index (χ4n) is 2.77. The van der Waals surface area contributed by atoms with Gasteiger partial charge in [0.05, 0.1) is 12.0 Å². The molecule has 1 fully saturated rings. The lowest BCUT2D eigenvalue weighted by Crippen LogP contribution is -2.39. The molecule has 1 aliphatic rings. The smallest absolute Gasteiger partial charge is 0.335 e. The lowest BCUT2D eigenvalue weighted by molar-refractivity contribution is -0.121. The van der Waals surface area contributed by atoms with E-state index in [9.17, 15) is 9.59 Å². The topological polar surface area (TPSA) is 66.4 Å². The fraction of sp³-hybridized carbons (Fsp3) is 0.263. The van der Waals surface area contributed by atoms with Gasteiger partial charge in [-0.15, -0.1) is 0 Å². The molecular weight excluding hydrogens is 290 g/mol. The van der Waals surface area contributed by atoms with Crippen LogP contribution in [0.5, 0.6) is 0 Å². The van der Waals surface area contributed by atoms with E-state index in [4.69, 9.17) is 5.11 Å². The van der Waals surface area contributed by atoms with E-state index in [1.165, 1.54) is 17.7 Å². The summed E-state index contributed by atoms with van der Waals surface area (Å²) in [6.45, 7) is 0. The first kappa shape index (κ1) is 15.3. The highest BCUT2D eigenvalue weighted by atomic mass is 16.4. The second-order valence-corrected chi connectivity index (χ2v) is 6.17. The Balaban J connectivity index is 1.58. The van der Waals surface area contributed by atoms with Gasteiger partial charge in [0.15, 0.2) is 0 Å². The number of carboxylic acids is 1. The van der Waals surface area contributed by atoms with Gasteiger partial charge in [-0.25, -0.2) is 4.79 Å². The van der Waals surface area contributed by atoms with Crippen molar-refractivity contribution in [2.75, 3.05) is 0 Å². The molecular formula is C19H19NO3. The highest BCUT2D eigenvalue weighted by molar-refractivity contribution is 5.87. The molecule has 0 unspecified atom stereocenters. The number of carbonyl (C=O) groups is 2. The molecule has 0 aromatic heterocycles. The molecule has 1 amide bonds. The van der Waals surface area contributed by atoms with E-state index in [-0.39, 0.29) is 23.4 Å². The molecule has 4 heteroatoms. The maximum atomic E-state index is 12.2. The normalized spacial score (nSPS) is 15.0. The predicted molar refractivity (Wildman–Crippen MR) is 87.4 cm³/mol. The summed E-state index contributed by atoms with van der Waals surface area (Å²) in [5, 5.41) is 12.0. The van der Waals surface area contributed by atoms with Crippen LogP contribution in [-0.4, -0.2) is 22.5 Å². The van der Waals surface area contributed by atoms with Gasteiger partial charge in [0.1, 0.15) is 0 Å². The minimum Gasteiger partial charge on any atom is -0.478 e. The van der Waals surface area contributed by atoms with E-state index in [1.807, 2.05) is 18.2 Å². The number of hydrogen-bond acceptors (Lipinski definition) is 2. The van der Waals surface area contributed by atoms with Gasteiger partial charge < -0.3 is 10.4 Å². The Hall–Kier alpha value is -2.62. The second-order valence-electron chi connectivity index (χ2n) is 6.17. The first-order valence-corrected chi connectivity index (χ1v) is 7.74. The van der Waals surface area contributed by atoms with Crippen molar-refractivity contribution in [1.82, 2.24) is 5.32 Å². The lowest BCUT2D eigenvalue weighted by Gasteiger charge is -2.17. The van der Waals surface area contributed by atoms with Crippen LogP contribution in [0, 0.1) is 0 Å². The number of amides is 1. The van der Waals surface area contributed by atoms with Crippen molar-refractivity contribution in [3.8, 4) is 0 Å². The molecule has 0 spiro atoms. The van der Waals surface area contributed by atoms with Crippen LogP contribution < -0.4 is 5.32 Å². The van der Waals surface area contributed by atoms with E-state index in [1.54, 1.807) is 12.1 Å². The van der Waals surface area contributed by atoms with Crippen molar-refractivity contribution >= 4 is 11.9 Å². The number of benzene rings is 2. The third-order valence-electron chi connectivity index (χ3n) is 4.21. The van der Waals surface area contributed by atoms with E-state index < -0.39 is 5.97 Å². The monoisotopic (exact) mass is 309 g/mol. The minimum atomic E-state index is -0.958. The maximum Gasteiger partial charge on any atom is 0.335 e. The quantitative estimate of drug-likeness (QED) is 0.862. The molecule has 0 aliphatic heterocycles. The van der Waals surface area contributed by atoms with Gasteiger partial charge in [0, 0.05) is 5.54 Å². The number of hydrogen-bond donors (Lipinski definition) is 2. The van der Waals surface area contributed by atoms with Gasteiger partial charge >= 0.3 is 5.97 Å². The van der Waals surface area contributed by atoms with Crippen LogP contribution in [0.4, 0.5) is 0 Å². The highest BCUT2D eigenvalue weighted by Gasteiger charge is 2.43. The van der Waals surface area contributed by atoms with Gasteiger partial charge in [0.25, 0.3) is 0 Å². The summed E-state index contributed by atoms with van der Waals surface area (Å²) < 4.78 is 0. The van der Waals surface area contributed by atoms with E-state index in [0.717, 1.165) is 24.8 Å². The molecule has 0 saturated heterocycles. The molecule has 3 rings (SSSR count). The van der Waals surface area contributed by atoms with Crippen LogP contribution >= 0.6 is 0 Å². The predicted octanol–water partition coefficient (Wildman–Crippen LogP) is 2.82. The third kappa shape index (κ3) is 3.97. The second kappa shape index (κ2) is 6.24. The molecule has 0 bridgehead atoms. The Bertz CT molecular complexity index is 703. The Kier molecular flexibility index (Phi) is 4.15. The van der Waals surface area contributed by atoms with Gasteiger partial charge in [-0.3, -0.25) is 4.79 Å². The zero-order chi connectivity index (χ0) is 16.3. The maximum absolute atomic E-state index is 12.2. The van der Waals surface area contributed by atoms with Crippen LogP contribution in [0.2, 0.25) is 0 Å². The molecule has 0 radical (unpaired) electrons. The number of aromatic carboxylic acids is 1. The molecule has 0 atom stereocenters. The highest BCUT2D eigenvalue weighted by Crippen LogP contribution is 2.38. The largest absolute Gasteiger partial charge is 0.478 e. The standard InChI is InChI=1S/C19H19NO3/c21-17(12-14-6-8-16(9-7-14)18(22)23)20-19(10-11-19)13-15-4-2-1-3-5-15/h1-9H,10-13H2,(H,20,21)(H,22,23). The average Bonchev–Trinajstić information content (AvgIpc) is 3.27. The summed E-state index contributed by atoms with van der Waals surface area (Å²) in [7, 11) is 0. The molecule has 23 heavy (non-hydrogen) atoms. The number of rotatable bonds is 6. The van der Waals surface area contributed by atoms with Crippen molar-refractivity contribution < 1.29 is 14.7 Å². The van der Waals surface area contributed by atoms with E-state index in [2.05, 4.69) is 17.4 Å². The van der Waals surface area contributed by atoms with E-state index >= 15 is 0 Å². The Morgan fingerprint density at radius 2 is 1.61 bits per heavy atom. The summed E-state index contributed by atoms with van der Waals surface area (Å²) in [6.07, 6.45) is 3.14. The van der Waals surface area contributed by atoms with Gasteiger partial charge in [-0.2, -0.15) is 0 Å². The van der Waals surface area contributed by atoms with Crippen LogP contribution in [-0.2, 0) is 17.6 Å². The number of carbonyl (C=O) groups excluding carboxylic acids is 1. The zero-order valence-electron chi connectivity index (χ0n) is 12.8.